The van der Waals surface area contributed by atoms with Crippen molar-refractivity contribution < 1.29 is 8.42 Å². The van der Waals surface area contributed by atoms with E-state index in [1.54, 1.807) is 0 Å². The second-order valence-electron chi connectivity index (χ2n) is 4.49. The van der Waals surface area contributed by atoms with Crippen molar-refractivity contribution in [3.63, 3.8) is 0 Å². The Kier molecular flexibility index (Phi) is 3.50. The van der Waals surface area contributed by atoms with Crippen LogP contribution >= 0.6 is 10.7 Å². The highest BCUT2D eigenvalue weighted by molar-refractivity contribution is 8.13. The van der Waals surface area contributed by atoms with Gasteiger partial charge in [0.1, 0.15) is 4.90 Å². The summed E-state index contributed by atoms with van der Waals surface area (Å²) in [6, 6.07) is 0. The van der Waals surface area contributed by atoms with Gasteiger partial charge >= 0.3 is 0 Å². The minimum atomic E-state index is -3.69. The Hall–Kier alpha value is -0.550. The monoisotopic (exact) mass is 276 g/mol. The molecule has 0 atom stereocenters. The highest BCUT2D eigenvalue weighted by Crippen LogP contribution is 2.33. The first kappa shape index (κ1) is 12.9. The number of aryl methyl sites for hydroxylation is 1. The maximum Gasteiger partial charge on any atom is 0.264 e. The molecule has 0 radical (unpaired) electrons. The quantitative estimate of drug-likeness (QED) is 0.776. The molecular formula is C11H17ClN2O2S. The first-order valence-corrected chi connectivity index (χ1v) is 8.31. The van der Waals surface area contributed by atoms with Crippen molar-refractivity contribution >= 4 is 19.7 Å². The van der Waals surface area contributed by atoms with Crippen LogP contribution in [0.5, 0.6) is 0 Å². The van der Waals surface area contributed by atoms with Crippen molar-refractivity contribution in [2.45, 2.75) is 51.0 Å². The number of hydrogen-bond donors (Lipinski definition) is 0. The van der Waals surface area contributed by atoms with E-state index in [0.29, 0.717) is 24.5 Å². The van der Waals surface area contributed by atoms with Crippen LogP contribution in [0, 0.1) is 5.92 Å². The number of aromatic nitrogens is 2. The average molecular weight is 277 g/mol. The molecule has 2 rings (SSSR count). The zero-order chi connectivity index (χ0) is 12.6. The van der Waals surface area contributed by atoms with Crippen LogP contribution in [-0.2, 0) is 28.4 Å². The highest BCUT2D eigenvalue weighted by Gasteiger charge is 2.28. The van der Waals surface area contributed by atoms with Gasteiger partial charge < -0.3 is 0 Å². The summed E-state index contributed by atoms with van der Waals surface area (Å²) >= 11 is 0. The fourth-order valence-corrected chi connectivity index (χ4v) is 3.62. The van der Waals surface area contributed by atoms with E-state index in [9.17, 15) is 8.42 Å². The molecule has 96 valence electrons. The van der Waals surface area contributed by atoms with Crippen molar-refractivity contribution in [3.05, 3.63) is 11.4 Å². The Morgan fingerprint density at radius 3 is 2.41 bits per heavy atom. The molecule has 0 aromatic carbocycles. The predicted molar refractivity (Wildman–Crippen MR) is 66.7 cm³/mol. The molecule has 17 heavy (non-hydrogen) atoms. The van der Waals surface area contributed by atoms with Crippen LogP contribution in [0.2, 0.25) is 0 Å². The predicted octanol–water partition coefficient (Wildman–Crippen LogP) is 2.35. The number of hydrogen-bond acceptors (Lipinski definition) is 3. The Bertz CT molecular complexity index is 518. The lowest BCUT2D eigenvalue weighted by Crippen LogP contribution is -2.07. The van der Waals surface area contributed by atoms with Crippen LogP contribution < -0.4 is 0 Å². The molecule has 1 fully saturated rings. The molecule has 0 bridgehead atoms. The van der Waals surface area contributed by atoms with E-state index in [-0.39, 0.29) is 4.90 Å². The zero-order valence-electron chi connectivity index (χ0n) is 10.1. The Morgan fingerprint density at radius 1 is 1.35 bits per heavy atom. The van der Waals surface area contributed by atoms with Gasteiger partial charge in [-0.1, -0.05) is 13.8 Å². The molecular weight excluding hydrogens is 260 g/mol. The SMILES string of the molecule is CCc1nn(CC2CC2)c(CC)c1S(=O)(=O)Cl. The fourth-order valence-electron chi connectivity index (χ4n) is 2.09. The maximum absolute atomic E-state index is 11.6. The highest BCUT2D eigenvalue weighted by atomic mass is 35.7. The molecule has 0 unspecified atom stereocenters. The Balaban J connectivity index is 2.50. The molecule has 1 heterocycles. The van der Waals surface area contributed by atoms with Crippen LogP contribution in [-0.4, -0.2) is 18.2 Å². The summed E-state index contributed by atoms with van der Waals surface area (Å²) in [5.74, 6) is 0.663. The molecule has 1 aromatic heterocycles. The third kappa shape index (κ3) is 2.65. The van der Waals surface area contributed by atoms with Gasteiger partial charge in [-0.15, -0.1) is 0 Å². The molecule has 4 nitrogen and oxygen atoms in total. The summed E-state index contributed by atoms with van der Waals surface area (Å²) in [6.45, 7) is 4.66. The standard InChI is InChI=1S/C11H17ClN2O2S/c1-3-9-11(17(12,15)16)10(4-2)14(13-9)7-8-5-6-8/h8H,3-7H2,1-2H3. The summed E-state index contributed by atoms with van der Waals surface area (Å²) in [5, 5.41) is 4.40. The van der Waals surface area contributed by atoms with E-state index in [1.807, 2.05) is 18.5 Å². The van der Waals surface area contributed by atoms with E-state index < -0.39 is 9.05 Å². The second-order valence-corrected chi connectivity index (χ2v) is 7.00. The van der Waals surface area contributed by atoms with E-state index in [1.165, 1.54) is 12.8 Å². The van der Waals surface area contributed by atoms with E-state index in [0.717, 1.165) is 12.2 Å². The summed E-state index contributed by atoms with van der Waals surface area (Å²) in [6.07, 6.45) is 3.66. The van der Waals surface area contributed by atoms with Crippen molar-refractivity contribution in [1.29, 1.82) is 0 Å². The molecule has 0 spiro atoms. The topological polar surface area (TPSA) is 52.0 Å². The van der Waals surface area contributed by atoms with Crippen LogP contribution in [0.25, 0.3) is 0 Å². The van der Waals surface area contributed by atoms with Crippen molar-refractivity contribution in [2.24, 2.45) is 5.92 Å². The third-order valence-corrected chi connectivity index (χ3v) is 4.54. The average Bonchev–Trinajstić information content (AvgIpc) is 2.95. The molecule has 0 amide bonds. The summed E-state index contributed by atoms with van der Waals surface area (Å²) in [4.78, 5) is 0.241. The van der Waals surface area contributed by atoms with Gasteiger partial charge in [0.15, 0.2) is 0 Å². The largest absolute Gasteiger partial charge is 0.268 e. The zero-order valence-corrected chi connectivity index (χ0v) is 11.7. The number of nitrogens with zero attached hydrogens (tertiary/aromatic N) is 2. The van der Waals surface area contributed by atoms with Crippen LogP contribution in [0.15, 0.2) is 4.90 Å². The van der Waals surface area contributed by atoms with Gasteiger partial charge in [0, 0.05) is 17.2 Å². The van der Waals surface area contributed by atoms with Gasteiger partial charge in [0.25, 0.3) is 9.05 Å². The minimum Gasteiger partial charge on any atom is -0.268 e. The van der Waals surface area contributed by atoms with Gasteiger partial charge in [-0.2, -0.15) is 5.10 Å². The van der Waals surface area contributed by atoms with Crippen LogP contribution in [0.4, 0.5) is 0 Å². The molecule has 0 saturated heterocycles. The van der Waals surface area contributed by atoms with Crippen LogP contribution in [0.3, 0.4) is 0 Å². The molecule has 1 aliphatic carbocycles. The van der Waals surface area contributed by atoms with Crippen molar-refractivity contribution in [2.75, 3.05) is 0 Å². The minimum absolute atomic E-state index is 0.241. The van der Waals surface area contributed by atoms with Crippen molar-refractivity contribution in [3.8, 4) is 0 Å². The molecule has 6 heteroatoms. The van der Waals surface area contributed by atoms with Gasteiger partial charge in [-0.05, 0) is 31.6 Å². The van der Waals surface area contributed by atoms with Gasteiger partial charge in [0.2, 0.25) is 0 Å². The molecule has 1 saturated carbocycles. The first-order valence-electron chi connectivity index (χ1n) is 6.00. The second kappa shape index (κ2) is 4.61. The summed E-state index contributed by atoms with van der Waals surface area (Å²) < 4.78 is 25.1. The lowest BCUT2D eigenvalue weighted by Gasteiger charge is -2.05. The Morgan fingerprint density at radius 2 is 2.00 bits per heavy atom. The summed E-state index contributed by atoms with van der Waals surface area (Å²) in [7, 11) is 1.82. The van der Waals surface area contributed by atoms with Gasteiger partial charge in [0.05, 0.1) is 11.4 Å². The smallest absolute Gasteiger partial charge is 0.264 e. The van der Waals surface area contributed by atoms with Crippen molar-refractivity contribution in [1.82, 2.24) is 9.78 Å². The van der Waals surface area contributed by atoms with Crippen LogP contribution in [0.1, 0.15) is 38.1 Å². The molecule has 0 aliphatic heterocycles. The first-order chi connectivity index (χ1) is 7.97. The maximum atomic E-state index is 11.6. The van der Waals surface area contributed by atoms with Gasteiger partial charge in [-0.25, -0.2) is 8.42 Å². The van der Waals surface area contributed by atoms with E-state index in [4.69, 9.17) is 10.7 Å². The normalized spacial score (nSPS) is 16.4. The lowest BCUT2D eigenvalue weighted by atomic mass is 10.2. The lowest BCUT2D eigenvalue weighted by molar-refractivity contribution is 0.535. The number of halogens is 1. The third-order valence-electron chi connectivity index (χ3n) is 3.12. The Labute approximate surface area is 106 Å². The summed E-state index contributed by atoms with van der Waals surface area (Å²) in [5.41, 5.74) is 1.35. The fraction of sp³-hybridized carbons (Fsp3) is 0.727. The number of rotatable bonds is 5. The van der Waals surface area contributed by atoms with E-state index >= 15 is 0 Å². The molecule has 1 aliphatic rings. The molecule has 1 aromatic rings. The van der Waals surface area contributed by atoms with Gasteiger partial charge in [-0.3, -0.25) is 4.68 Å². The molecule has 0 N–H and O–H groups in total. The van der Waals surface area contributed by atoms with E-state index in [2.05, 4.69) is 5.10 Å².